The molecule has 2 aromatic carbocycles. The third-order valence-corrected chi connectivity index (χ3v) is 4.55. The van der Waals surface area contributed by atoms with Crippen molar-refractivity contribution in [1.82, 2.24) is 0 Å². The normalized spacial score (nSPS) is 19.4. The van der Waals surface area contributed by atoms with Crippen LogP contribution in [0.5, 0.6) is 0 Å². The van der Waals surface area contributed by atoms with E-state index >= 15 is 0 Å². The molecular weight excluding hydrogens is 457 g/mol. The molecule has 3 rings (SSSR count). The zero-order chi connectivity index (χ0) is 19.1. The Morgan fingerprint density at radius 2 is 1.11 bits per heavy atom. The summed E-state index contributed by atoms with van der Waals surface area (Å²) in [6.45, 7) is 1.50. The summed E-state index contributed by atoms with van der Waals surface area (Å²) in [6.07, 6.45) is 11.9. The van der Waals surface area contributed by atoms with Crippen LogP contribution in [0.25, 0.3) is 12.2 Å². The number of likely N-dealkylation sites (N-methyl/N-ethyl adjacent to an activating group) is 1. The Labute approximate surface area is 185 Å². The number of rotatable bonds is 4. The molecule has 0 unspecified atom stereocenters. The van der Waals surface area contributed by atoms with Crippen molar-refractivity contribution in [3.63, 3.8) is 0 Å². The number of carbonyl (C=O) groups excluding carboxylic acids is 1. The van der Waals surface area contributed by atoms with Crippen LogP contribution in [0.1, 0.15) is 11.1 Å². The van der Waals surface area contributed by atoms with Gasteiger partial charge in [-0.2, -0.15) is 0 Å². The highest BCUT2D eigenvalue weighted by Crippen LogP contribution is 2.21. The predicted octanol–water partition coefficient (Wildman–Crippen LogP) is 1.93. The minimum Gasteiger partial charge on any atom is -1.00 e. The van der Waals surface area contributed by atoms with Gasteiger partial charge in [-0.1, -0.05) is 85.0 Å². The molecule has 0 atom stereocenters. The Balaban J connectivity index is 0.00000280. The van der Waals surface area contributed by atoms with Crippen molar-refractivity contribution in [3.05, 3.63) is 107 Å². The smallest absolute Gasteiger partial charge is 0.196 e. The Morgan fingerprint density at radius 1 is 0.714 bits per heavy atom. The van der Waals surface area contributed by atoms with Gasteiger partial charge in [-0.15, -0.1) is 0 Å². The van der Waals surface area contributed by atoms with Crippen molar-refractivity contribution in [3.8, 4) is 0 Å². The quantitative estimate of drug-likeness (QED) is 0.369. The molecule has 1 aliphatic rings. The number of piperidine rings is 1. The minimum atomic E-state index is 0. The molecule has 0 saturated carbocycles. The van der Waals surface area contributed by atoms with Crippen LogP contribution >= 0.6 is 0 Å². The van der Waals surface area contributed by atoms with Crippen LogP contribution in [0.4, 0.5) is 0 Å². The van der Waals surface area contributed by atoms with Gasteiger partial charge >= 0.3 is 0 Å². The zero-order valence-electron chi connectivity index (χ0n) is 16.4. The number of likely N-dealkylation sites (tertiary alicyclic amines) is 1. The second kappa shape index (κ2) is 10.3. The van der Waals surface area contributed by atoms with Gasteiger partial charge in [-0.25, -0.2) is 0 Å². The van der Waals surface area contributed by atoms with Gasteiger partial charge in [-0.05, 0) is 23.3 Å². The first-order valence-electron chi connectivity index (χ1n) is 9.25. The maximum Gasteiger partial charge on any atom is 0.196 e. The number of ketones is 1. The first kappa shape index (κ1) is 22.1. The topological polar surface area (TPSA) is 17.1 Å². The summed E-state index contributed by atoms with van der Waals surface area (Å²) < 4.78 is 0.780. The molecule has 0 spiro atoms. The van der Waals surface area contributed by atoms with Crippen LogP contribution in [0, 0.1) is 0 Å². The average Bonchev–Trinajstić information content (AvgIpc) is 2.66. The van der Waals surface area contributed by atoms with Crippen LogP contribution in [0.15, 0.2) is 96.1 Å². The lowest BCUT2D eigenvalue weighted by molar-refractivity contribution is -0.881. The predicted molar refractivity (Wildman–Crippen MR) is 114 cm³/mol. The number of hydrogen-bond acceptors (Lipinski definition) is 1. The van der Waals surface area contributed by atoms with Gasteiger partial charge in [-0.3, -0.25) is 4.79 Å². The van der Waals surface area contributed by atoms with Crippen LogP contribution < -0.4 is 24.0 Å². The number of hydrogen-bond donors (Lipinski definition) is 0. The maximum atomic E-state index is 12.9. The minimum absolute atomic E-state index is 0. The summed E-state index contributed by atoms with van der Waals surface area (Å²) in [7, 11) is 4.33. The lowest BCUT2D eigenvalue weighted by atomic mass is 9.95. The monoisotopic (exact) mass is 483 g/mol. The first-order valence-corrected chi connectivity index (χ1v) is 9.25. The van der Waals surface area contributed by atoms with E-state index in [9.17, 15) is 4.79 Å². The van der Waals surface area contributed by atoms with Crippen molar-refractivity contribution in [2.24, 2.45) is 0 Å². The molecule has 0 aromatic heterocycles. The summed E-state index contributed by atoms with van der Waals surface area (Å²) in [5.41, 5.74) is 3.98. The van der Waals surface area contributed by atoms with Gasteiger partial charge in [0.25, 0.3) is 0 Å². The molecule has 1 heterocycles. The van der Waals surface area contributed by atoms with E-state index in [0.717, 1.165) is 39.8 Å². The van der Waals surface area contributed by atoms with E-state index in [1.807, 2.05) is 72.9 Å². The molecule has 2 nitrogen and oxygen atoms in total. The fraction of sp³-hybridized carbons (Fsp3) is 0.160. The zero-order valence-corrected chi connectivity index (χ0v) is 18.5. The van der Waals surface area contributed by atoms with E-state index in [-0.39, 0.29) is 29.8 Å². The van der Waals surface area contributed by atoms with E-state index < -0.39 is 0 Å². The molecule has 1 aliphatic heterocycles. The lowest BCUT2D eigenvalue weighted by Gasteiger charge is -2.35. The number of Topliss-reactive ketones (excluding diaryl/α,β-unsaturated/α-hetero) is 1. The van der Waals surface area contributed by atoms with Crippen LogP contribution in [0.3, 0.4) is 0 Å². The molecular formula is C25H26INO. The molecule has 0 radical (unpaired) electrons. The van der Waals surface area contributed by atoms with Gasteiger partial charge in [0, 0.05) is 0 Å². The van der Waals surface area contributed by atoms with Crippen molar-refractivity contribution in [2.75, 3.05) is 27.2 Å². The van der Waals surface area contributed by atoms with Crippen molar-refractivity contribution >= 4 is 17.9 Å². The highest BCUT2D eigenvalue weighted by Gasteiger charge is 2.32. The molecule has 1 fully saturated rings. The molecule has 0 N–H and O–H groups in total. The van der Waals surface area contributed by atoms with Gasteiger partial charge in [0.1, 0.15) is 13.1 Å². The fourth-order valence-corrected chi connectivity index (χ4v) is 3.26. The largest absolute Gasteiger partial charge is 1.00 e. The van der Waals surface area contributed by atoms with E-state index in [2.05, 4.69) is 38.4 Å². The third-order valence-electron chi connectivity index (χ3n) is 4.55. The highest BCUT2D eigenvalue weighted by molar-refractivity contribution is 6.09. The van der Waals surface area contributed by atoms with Gasteiger partial charge in [0.2, 0.25) is 0 Å². The Kier molecular flexibility index (Phi) is 8.15. The van der Waals surface area contributed by atoms with Gasteiger partial charge < -0.3 is 28.5 Å². The Hall–Kier alpha value is -2.24. The lowest BCUT2D eigenvalue weighted by Crippen LogP contribution is -3.00. The second-order valence-corrected chi connectivity index (χ2v) is 7.50. The fourth-order valence-electron chi connectivity index (χ4n) is 3.26. The third kappa shape index (κ3) is 6.43. The SMILES string of the molecule is C[N+]1(C)C/C(=C\C=C\c2ccccc2)C(=O)/C(=C/C=C/c2ccccc2)C1.[I-]. The molecule has 144 valence electrons. The molecule has 28 heavy (non-hydrogen) atoms. The van der Waals surface area contributed by atoms with Gasteiger partial charge in [0.05, 0.1) is 25.2 Å². The standard InChI is InChI=1S/C25H26NO.HI/c1-26(2)19-23(17-9-15-21-11-5-3-6-12-21)25(27)24(20-26)18-10-16-22-13-7-4-8-14-22;/h3-18H,19-20H2,1-2H3;1H/q+1;/p-1/b15-9+,16-10+,23-17+,24-18+;. The van der Waals surface area contributed by atoms with Crippen molar-refractivity contribution in [2.45, 2.75) is 0 Å². The van der Waals surface area contributed by atoms with E-state index in [1.165, 1.54) is 0 Å². The average molecular weight is 483 g/mol. The number of carbonyl (C=O) groups is 1. The van der Waals surface area contributed by atoms with E-state index in [1.54, 1.807) is 0 Å². The summed E-state index contributed by atoms with van der Waals surface area (Å²) in [6, 6.07) is 20.3. The number of quaternary nitrogens is 1. The highest BCUT2D eigenvalue weighted by atomic mass is 127. The molecule has 2 aromatic rings. The van der Waals surface area contributed by atoms with Crippen LogP contribution in [0.2, 0.25) is 0 Å². The van der Waals surface area contributed by atoms with Crippen LogP contribution in [-0.4, -0.2) is 37.5 Å². The molecule has 1 saturated heterocycles. The summed E-state index contributed by atoms with van der Waals surface area (Å²) >= 11 is 0. The summed E-state index contributed by atoms with van der Waals surface area (Å²) in [5, 5.41) is 0. The van der Waals surface area contributed by atoms with Gasteiger partial charge in [0.15, 0.2) is 5.78 Å². The Morgan fingerprint density at radius 3 is 1.50 bits per heavy atom. The van der Waals surface area contributed by atoms with Crippen LogP contribution in [-0.2, 0) is 4.79 Å². The van der Waals surface area contributed by atoms with E-state index in [0.29, 0.717) is 0 Å². The van der Waals surface area contributed by atoms with E-state index in [4.69, 9.17) is 0 Å². The molecule has 3 heteroatoms. The molecule has 0 aliphatic carbocycles. The molecule has 0 amide bonds. The first-order chi connectivity index (χ1) is 13.0. The Bertz CT molecular complexity index is 833. The summed E-state index contributed by atoms with van der Waals surface area (Å²) in [4.78, 5) is 12.9. The van der Waals surface area contributed by atoms with Crippen molar-refractivity contribution in [1.29, 1.82) is 0 Å². The number of halogens is 1. The molecule has 0 bridgehead atoms. The van der Waals surface area contributed by atoms with Crippen molar-refractivity contribution < 1.29 is 33.3 Å². The second-order valence-electron chi connectivity index (χ2n) is 7.50. The number of benzene rings is 2. The maximum absolute atomic E-state index is 12.9. The number of allylic oxidation sites excluding steroid dienone is 4. The number of nitrogens with zero attached hydrogens (tertiary/aromatic N) is 1. The summed E-state index contributed by atoms with van der Waals surface area (Å²) in [5.74, 6) is 0.155.